The third-order valence-electron chi connectivity index (χ3n) is 4.35. The molecule has 0 aliphatic heterocycles. The van der Waals surface area contributed by atoms with Crippen LogP contribution in [0, 0.1) is 4.77 Å². The van der Waals surface area contributed by atoms with Gasteiger partial charge in [-0.25, -0.2) is 0 Å². The van der Waals surface area contributed by atoms with Crippen molar-refractivity contribution in [3.8, 4) is 0 Å². The molecule has 1 N–H and O–H groups in total. The molecular weight excluding hydrogens is 358 g/mol. The highest BCUT2D eigenvalue weighted by atomic mass is 32.1. The topological polar surface area (TPSA) is 52.1 Å². The Morgan fingerprint density at radius 2 is 1.44 bits per heavy atom. The predicted molar refractivity (Wildman–Crippen MR) is 108 cm³/mol. The van der Waals surface area contributed by atoms with Gasteiger partial charge in [-0.3, -0.25) is 9.67 Å². The van der Waals surface area contributed by atoms with E-state index in [0.29, 0.717) is 24.5 Å². The van der Waals surface area contributed by atoms with Crippen LogP contribution < -0.4 is 0 Å². The number of H-pyrrole nitrogens is 1. The number of aromatic nitrogens is 3. The van der Waals surface area contributed by atoms with Crippen molar-refractivity contribution in [2.45, 2.75) is 32.6 Å². The second kappa shape index (κ2) is 9.60. The quantitative estimate of drug-likeness (QED) is 0.436. The van der Waals surface area contributed by atoms with Crippen molar-refractivity contribution in [2.24, 2.45) is 0 Å². The summed E-state index contributed by atoms with van der Waals surface area (Å²) in [5.74, 6) is 0.811. The van der Waals surface area contributed by atoms with E-state index >= 15 is 0 Å². The predicted octanol–water partition coefficient (Wildman–Crippen LogP) is 4.52. The third kappa shape index (κ3) is 4.71. The number of ether oxygens (including phenoxy) is 2. The van der Waals surface area contributed by atoms with Crippen LogP contribution in [-0.2, 0) is 16.0 Å². The first kappa shape index (κ1) is 19.5. The van der Waals surface area contributed by atoms with Gasteiger partial charge in [-0.2, -0.15) is 5.10 Å². The lowest BCUT2D eigenvalue weighted by Crippen LogP contribution is -2.26. The molecule has 1 heterocycles. The van der Waals surface area contributed by atoms with Gasteiger partial charge in [0.2, 0.25) is 0 Å². The van der Waals surface area contributed by atoms with Crippen molar-refractivity contribution in [3.05, 3.63) is 82.4 Å². The lowest BCUT2D eigenvalue weighted by molar-refractivity contribution is -0.144. The number of aromatic amines is 1. The summed E-state index contributed by atoms with van der Waals surface area (Å²) in [5, 5.41) is 7.53. The molecule has 1 aromatic heterocycles. The van der Waals surface area contributed by atoms with Gasteiger partial charge in [-0.05, 0) is 37.2 Å². The molecule has 0 spiro atoms. The highest BCUT2D eigenvalue weighted by Crippen LogP contribution is 2.30. The summed E-state index contributed by atoms with van der Waals surface area (Å²) in [5.41, 5.74) is 2.31. The summed E-state index contributed by atoms with van der Waals surface area (Å²) >= 11 is 5.51. The normalized spacial score (nSPS) is 11.4. The fourth-order valence-corrected chi connectivity index (χ4v) is 3.40. The van der Waals surface area contributed by atoms with Crippen LogP contribution in [0.3, 0.4) is 0 Å². The number of hydrogen-bond acceptors (Lipinski definition) is 4. The molecule has 0 bridgehead atoms. The van der Waals surface area contributed by atoms with Crippen LogP contribution in [0.4, 0.5) is 0 Å². The molecule has 2 aromatic carbocycles. The zero-order valence-electron chi connectivity index (χ0n) is 15.7. The maximum Gasteiger partial charge on any atom is 0.195 e. The van der Waals surface area contributed by atoms with Gasteiger partial charge in [-0.15, -0.1) is 0 Å². The molecule has 0 saturated carbocycles. The number of benzene rings is 2. The van der Waals surface area contributed by atoms with Crippen LogP contribution in [-0.4, -0.2) is 34.3 Å². The molecule has 3 aromatic rings. The monoisotopic (exact) mass is 383 g/mol. The molecule has 0 saturated heterocycles. The molecule has 142 valence electrons. The van der Waals surface area contributed by atoms with Gasteiger partial charge in [0.25, 0.3) is 0 Å². The van der Waals surface area contributed by atoms with E-state index in [4.69, 9.17) is 21.7 Å². The van der Waals surface area contributed by atoms with E-state index in [1.807, 2.05) is 54.8 Å². The summed E-state index contributed by atoms with van der Waals surface area (Å²) in [6, 6.07) is 20.7. The molecule has 0 aliphatic carbocycles. The lowest BCUT2D eigenvalue weighted by atomic mass is 9.90. The highest BCUT2D eigenvalue weighted by Gasteiger charge is 2.24. The van der Waals surface area contributed by atoms with Crippen molar-refractivity contribution >= 4 is 12.2 Å². The Hall–Kier alpha value is -2.28. The SMILES string of the molecule is CCOC(Cn1c(C(c2ccccc2)c2ccccc2)n[nH]c1=S)OCC. The van der Waals surface area contributed by atoms with Crippen LogP contribution in [0.2, 0.25) is 0 Å². The molecule has 0 atom stereocenters. The Balaban J connectivity index is 2.05. The molecule has 0 aliphatic rings. The first-order chi connectivity index (χ1) is 13.2. The van der Waals surface area contributed by atoms with Gasteiger partial charge in [0.15, 0.2) is 11.1 Å². The fraction of sp³-hybridized carbons (Fsp3) is 0.333. The summed E-state index contributed by atoms with van der Waals surface area (Å²) in [6.07, 6.45) is -0.366. The Morgan fingerprint density at radius 3 is 1.93 bits per heavy atom. The maximum atomic E-state index is 5.73. The van der Waals surface area contributed by atoms with E-state index in [1.54, 1.807) is 0 Å². The molecule has 6 heteroatoms. The first-order valence-corrected chi connectivity index (χ1v) is 9.63. The Kier molecular flexibility index (Phi) is 6.92. The van der Waals surface area contributed by atoms with Crippen LogP contribution in [0.5, 0.6) is 0 Å². The van der Waals surface area contributed by atoms with Crippen molar-refractivity contribution in [3.63, 3.8) is 0 Å². The fourth-order valence-electron chi connectivity index (χ4n) is 3.18. The minimum Gasteiger partial charge on any atom is -0.351 e. The van der Waals surface area contributed by atoms with E-state index in [9.17, 15) is 0 Å². The maximum absolute atomic E-state index is 5.73. The van der Waals surface area contributed by atoms with Crippen LogP contribution in [0.15, 0.2) is 60.7 Å². The van der Waals surface area contributed by atoms with E-state index in [0.717, 1.165) is 17.0 Å². The zero-order valence-corrected chi connectivity index (χ0v) is 16.5. The standard InChI is InChI=1S/C21H25N3O2S/c1-3-25-18(26-4-2)15-24-20(22-23-21(24)27)19(16-11-7-5-8-12-16)17-13-9-6-10-14-17/h5-14,18-19H,3-4,15H2,1-2H3,(H,23,27). The minimum atomic E-state index is -0.366. The van der Waals surface area contributed by atoms with E-state index in [-0.39, 0.29) is 12.2 Å². The second-order valence-electron chi connectivity index (χ2n) is 6.09. The molecular formula is C21H25N3O2S. The van der Waals surface area contributed by atoms with E-state index < -0.39 is 0 Å². The Morgan fingerprint density at radius 1 is 0.926 bits per heavy atom. The smallest absolute Gasteiger partial charge is 0.195 e. The third-order valence-corrected chi connectivity index (χ3v) is 4.66. The molecule has 3 rings (SSSR count). The van der Waals surface area contributed by atoms with Crippen LogP contribution in [0.1, 0.15) is 36.7 Å². The lowest BCUT2D eigenvalue weighted by Gasteiger charge is -2.22. The summed E-state index contributed by atoms with van der Waals surface area (Å²) < 4.78 is 14.0. The van der Waals surface area contributed by atoms with Gasteiger partial charge >= 0.3 is 0 Å². The van der Waals surface area contributed by atoms with Crippen molar-refractivity contribution in [1.29, 1.82) is 0 Å². The highest BCUT2D eigenvalue weighted by molar-refractivity contribution is 7.71. The average molecular weight is 384 g/mol. The Labute approximate surface area is 165 Å². The van der Waals surface area contributed by atoms with Gasteiger partial charge < -0.3 is 9.47 Å². The summed E-state index contributed by atoms with van der Waals surface area (Å²) in [4.78, 5) is 0. The summed E-state index contributed by atoms with van der Waals surface area (Å²) in [6.45, 7) is 5.55. The van der Waals surface area contributed by atoms with Gasteiger partial charge in [0.1, 0.15) is 5.82 Å². The zero-order chi connectivity index (χ0) is 19.1. The molecule has 0 fully saturated rings. The van der Waals surface area contributed by atoms with Crippen LogP contribution in [0.25, 0.3) is 0 Å². The van der Waals surface area contributed by atoms with Crippen molar-refractivity contribution in [2.75, 3.05) is 13.2 Å². The summed E-state index contributed by atoms with van der Waals surface area (Å²) in [7, 11) is 0. The van der Waals surface area contributed by atoms with Gasteiger partial charge in [0.05, 0.1) is 12.5 Å². The number of nitrogens with one attached hydrogen (secondary N) is 1. The van der Waals surface area contributed by atoms with E-state index in [2.05, 4.69) is 34.5 Å². The number of nitrogens with zero attached hydrogens (tertiary/aromatic N) is 2. The molecule has 5 nitrogen and oxygen atoms in total. The molecule has 27 heavy (non-hydrogen) atoms. The van der Waals surface area contributed by atoms with Crippen molar-refractivity contribution in [1.82, 2.24) is 14.8 Å². The van der Waals surface area contributed by atoms with Gasteiger partial charge in [-0.1, -0.05) is 60.7 Å². The van der Waals surface area contributed by atoms with E-state index in [1.165, 1.54) is 0 Å². The minimum absolute atomic E-state index is 0.0377. The molecule has 0 amide bonds. The molecule has 0 unspecified atom stereocenters. The van der Waals surface area contributed by atoms with Gasteiger partial charge in [0, 0.05) is 13.2 Å². The largest absolute Gasteiger partial charge is 0.351 e. The Bertz CT molecular complexity index is 832. The second-order valence-corrected chi connectivity index (χ2v) is 6.48. The van der Waals surface area contributed by atoms with Crippen LogP contribution >= 0.6 is 12.2 Å². The first-order valence-electron chi connectivity index (χ1n) is 9.22. The molecule has 0 radical (unpaired) electrons. The van der Waals surface area contributed by atoms with Crippen molar-refractivity contribution < 1.29 is 9.47 Å². The number of hydrogen-bond donors (Lipinski definition) is 1. The average Bonchev–Trinajstić information content (AvgIpc) is 3.05. The number of rotatable bonds is 9.